The van der Waals surface area contributed by atoms with Crippen LogP contribution in [0.2, 0.25) is 0 Å². The van der Waals surface area contributed by atoms with E-state index in [4.69, 9.17) is 9.73 Å². The van der Waals surface area contributed by atoms with Crippen molar-refractivity contribution in [2.24, 2.45) is 16.8 Å². The van der Waals surface area contributed by atoms with Crippen LogP contribution in [0.1, 0.15) is 58.8 Å². The Morgan fingerprint density at radius 3 is 2.57 bits per heavy atom. The molecule has 3 fully saturated rings. The van der Waals surface area contributed by atoms with Crippen molar-refractivity contribution in [3.63, 3.8) is 0 Å². The zero-order valence-corrected chi connectivity index (χ0v) is 13.6. The molecule has 2 N–H and O–H groups in total. The Balaban J connectivity index is 1.50. The van der Waals surface area contributed by atoms with E-state index in [9.17, 15) is 0 Å². The number of fused-ring (bicyclic) bond motifs is 2. The summed E-state index contributed by atoms with van der Waals surface area (Å²) in [6.07, 6.45) is 9.97. The van der Waals surface area contributed by atoms with Crippen LogP contribution in [0, 0.1) is 11.8 Å². The van der Waals surface area contributed by atoms with Gasteiger partial charge in [-0.3, -0.25) is 4.99 Å². The van der Waals surface area contributed by atoms with Gasteiger partial charge in [0.15, 0.2) is 5.96 Å². The van der Waals surface area contributed by atoms with Gasteiger partial charge in [-0.15, -0.1) is 0 Å². The minimum atomic E-state index is 0.411. The molecule has 3 rings (SSSR count). The van der Waals surface area contributed by atoms with Crippen molar-refractivity contribution in [1.29, 1.82) is 0 Å². The number of hydrogen-bond donors (Lipinski definition) is 2. The number of aliphatic imine (C=N–C) groups is 1. The third-order valence-corrected chi connectivity index (χ3v) is 5.42. The SMILES string of the molecule is CCNC(=NCC1CCC(C)CC1)NC1CC2CCC1O2. The van der Waals surface area contributed by atoms with Crippen molar-refractivity contribution in [2.75, 3.05) is 13.1 Å². The van der Waals surface area contributed by atoms with Crippen molar-refractivity contribution in [3.8, 4) is 0 Å². The largest absolute Gasteiger partial charge is 0.373 e. The number of ether oxygens (including phenoxy) is 1. The molecule has 4 nitrogen and oxygen atoms in total. The zero-order chi connectivity index (χ0) is 14.7. The van der Waals surface area contributed by atoms with Crippen LogP contribution in [0.15, 0.2) is 4.99 Å². The normalized spacial score (nSPS) is 39.5. The molecule has 0 radical (unpaired) electrons. The Morgan fingerprint density at radius 1 is 1.14 bits per heavy atom. The first-order valence-corrected chi connectivity index (χ1v) is 8.95. The molecule has 2 heterocycles. The third kappa shape index (κ3) is 3.91. The quantitative estimate of drug-likeness (QED) is 0.619. The lowest BCUT2D eigenvalue weighted by atomic mass is 9.83. The maximum Gasteiger partial charge on any atom is 0.191 e. The van der Waals surface area contributed by atoms with E-state index in [1.54, 1.807) is 0 Å². The van der Waals surface area contributed by atoms with Gasteiger partial charge < -0.3 is 15.4 Å². The average molecular weight is 293 g/mol. The van der Waals surface area contributed by atoms with Crippen molar-refractivity contribution in [1.82, 2.24) is 10.6 Å². The highest BCUT2D eigenvalue weighted by Crippen LogP contribution is 2.34. The van der Waals surface area contributed by atoms with Crippen molar-refractivity contribution < 1.29 is 4.74 Å². The molecule has 120 valence electrons. The van der Waals surface area contributed by atoms with E-state index < -0.39 is 0 Å². The molecule has 3 atom stereocenters. The highest BCUT2D eigenvalue weighted by molar-refractivity contribution is 5.80. The Labute approximate surface area is 129 Å². The topological polar surface area (TPSA) is 45.7 Å². The average Bonchev–Trinajstić information content (AvgIpc) is 3.09. The number of guanidine groups is 1. The van der Waals surface area contributed by atoms with Gasteiger partial charge in [0.1, 0.15) is 0 Å². The Bertz CT molecular complexity index is 363. The van der Waals surface area contributed by atoms with Crippen LogP contribution in [0.5, 0.6) is 0 Å². The Morgan fingerprint density at radius 2 is 1.95 bits per heavy atom. The summed E-state index contributed by atoms with van der Waals surface area (Å²) in [5.41, 5.74) is 0. The fraction of sp³-hybridized carbons (Fsp3) is 0.941. The van der Waals surface area contributed by atoms with Crippen LogP contribution in [-0.2, 0) is 4.74 Å². The van der Waals surface area contributed by atoms with E-state index in [0.29, 0.717) is 18.2 Å². The van der Waals surface area contributed by atoms with E-state index in [2.05, 4.69) is 24.5 Å². The maximum absolute atomic E-state index is 5.92. The van der Waals surface area contributed by atoms with Gasteiger partial charge in [-0.05, 0) is 50.9 Å². The van der Waals surface area contributed by atoms with E-state index in [-0.39, 0.29) is 0 Å². The minimum Gasteiger partial charge on any atom is -0.373 e. The van der Waals surface area contributed by atoms with E-state index >= 15 is 0 Å². The summed E-state index contributed by atoms with van der Waals surface area (Å²) >= 11 is 0. The van der Waals surface area contributed by atoms with Crippen molar-refractivity contribution in [2.45, 2.75) is 77.0 Å². The van der Waals surface area contributed by atoms with Gasteiger partial charge in [-0.2, -0.15) is 0 Å². The number of hydrogen-bond acceptors (Lipinski definition) is 2. The lowest BCUT2D eigenvalue weighted by molar-refractivity contribution is 0.0992. The predicted octanol–water partition coefficient (Wildman–Crippen LogP) is 2.69. The van der Waals surface area contributed by atoms with Gasteiger partial charge in [0.25, 0.3) is 0 Å². The fourth-order valence-corrected chi connectivity index (χ4v) is 4.02. The summed E-state index contributed by atoms with van der Waals surface area (Å²) in [4.78, 5) is 4.85. The van der Waals surface area contributed by atoms with Crippen LogP contribution in [0.25, 0.3) is 0 Å². The van der Waals surface area contributed by atoms with Crippen LogP contribution in [0.4, 0.5) is 0 Å². The van der Waals surface area contributed by atoms with E-state index in [0.717, 1.165) is 37.3 Å². The fourth-order valence-electron chi connectivity index (χ4n) is 4.02. The van der Waals surface area contributed by atoms with Gasteiger partial charge >= 0.3 is 0 Å². The van der Waals surface area contributed by atoms with Gasteiger partial charge in [-0.25, -0.2) is 0 Å². The summed E-state index contributed by atoms with van der Waals surface area (Å²) < 4.78 is 5.92. The molecule has 3 unspecified atom stereocenters. The second-order valence-corrected chi connectivity index (χ2v) is 7.21. The van der Waals surface area contributed by atoms with E-state index in [1.165, 1.54) is 38.5 Å². The second-order valence-electron chi connectivity index (χ2n) is 7.21. The standard InChI is InChI=1S/C17H31N3O/c1-3-18-17(19-11-13-6-4-12(2)5-7-13)20-15-10-14-8-9-16(15)21-14/h12-16H,3-11H2,1-2H3,(H2,18,19,20). The molecule has 0 aromatic heterocycles. The first-order chi connectivity index (χ1) is 10.2. The molecular weight excluding hydrogens is 262 g/mol. The molecule has 0 amide bonds. The first kappa shape index (κ1) is 15.1. The lowest BCUT2D eigenvalue weighted by Crippen LogP contribution is -2.47. The maximum atomic E-state index is 5.92. The number of nitrogens with one attached hydrogen (secondary N) is 2. The monoisotopic (exact) mass is 293 g/mol. The Hall–Kier alpha value is -0.770. The molecule has 21 heavy (non-hydrogen) atoms. The van der Waals surface area contributed by atoms with E-state index in [1.807, 2.05) is 0 Å². The molecular formula is C17H31N3O. The Kier molecular flexibility index (Phi) is 5.04. The highest BCUT2D eigenvalue weighted by atomic mass is 16.5. The zero-order valence-electron chi connectivity index (χ0n) is 13.6. The van der Waals surface area contributed by atoms with Crippen LogP contribution in [0.3, 0.4) is 0 Å². The summed E-state index contributed by atoms with van der Waals surface area (Å²) in [5.74, 6) is 2.70. The number of nitrogens with zero attached hydrogens (tertiary/aromatic N) is 1. The minimum absolute atomic E-state index is 0.411. The van der Waals surface area contributed by atoms with Gasteiger partial charge in [0, 0.05) is 13.1 Å². The molecule has 3 aliphatic rings. The first-order valence-electron chi connectivity index (χ1n) is 8.95. The van der Waals surface area contributed by atoms with Gasteiger partial charge in [0.2, 0.25) is 0 Å². The van der Waals surface area contributed by atoms with Crippen LogP contribution >= 0.6 is 0 Å². The smallest absolute Gasteiger partial charge is 0.191 e. The molecule has 0 aromatic rings. The molecule has 2 saturated heterocycles. The van der Waals surface area contributed by atoms with Crippen molar-refractivity contribution in [3.05, 3.63) is 0 Å². The van der Waals surface area contributed by atoms with Gasteiger partial charge in [-0.1, -0.05) is 19.8 Å². The van der Waals surface area contributed by atoms with Gasteiger partial charge in [0.05, 0.1) is 18.2 Å². The molecule has 2 bridgehead atoms. The molecule has 0 aromatic carbocycles. The van der Waals surface area contributed by atoms with Crippen LogP contribution < -0.4 is 10.6 Å². The summed E-state index contributed by atoms with van der Waals surface area (Å²) in [5, 5.41) is 7.01. The lowest BCUT2D eigenvalue weighted by Gasteiger charge is -2.26. The summed E-state index contributed by atoms with van der Waals surface area (Å²) in [6, 6.07) is 0.466. The highest BCUT2D eigenvalue weighted by Gasteiger charge is 2.41. The third-order valence-electron chi connectivity index (χ3n) is 5.42. The molecule has 1 saturated carbocycles. The molecule has 1 aliphatic carbocycles. The molecule has 4 heteroatoms. The van der Waals surface area contributed by atoms with Crippen LogP contribution in [-0.4, -0.2) is 37.3 Å². The molecule has 2 aliphatic heterocycles. The number of rotatable bonds is 4. The second kappa shape index (κ2) is 6.99. The van der Waals surface area contributed by atoms with Crippen molar-refractivity contribution >= 4 is 5.96 Å². The summed E-state index contributed by atoms with van der Waals surface area (Å²) in [7, 11) is 0. The predicted molar refractivity (Wildman–Crippen MR) is 86.5 cm³/mol. The molecule has 0 spiro atoms. The summed E-state index contributed by atoms with van der Waals surface area (Å²) in [6.45, 7) is 6.41.